The Balaban J connectivity index is 2.11. The second-order valence-electron chi connectivity index (χ2n) is 5.38. The number of carbonyl (C=O) groups is 2. The zero-order valence-corrected chi connectivity index (χ0v) is 15.1. The molecule has 0 saturated carbocycles. The van der Waals surface area contributed by atoms with Crippen LogP contribution in [0.5, 0.6) is 5.75 Å². The summed E-state index contributed by atoms with van der Waals surface area (Å²) in [7, 11) is 0. The third kappa shape index (κ3) is 4.73. The monoisotopic (exact) mass is 361 g/mol. The number of nitrogens with one attached hydrogen (secondary N) is 1. The van der Waals surface area contributed by atoms with E-state index in [1.165, 1.54) is 0 Å². The van der Waals surface area contributed by atoms with Crippen molar-refractivity contribution < 1.29 is 19.1 Å². The molecule has 2 aromatic carbocycles. The van der Waals surface area contributed by atoms with Gasteiger partial charge in [-0.3, -0.25) is 4.79 Å². The smallest absolute Gasteiger partial charge is 0.338 e. The van der Waals surface area contributed by atoms with Gasteiger partial charge in [-0.2, -0.15) is 0 Å². The van der Waals surface area contributed by atoms with Crippen LogP contribution < -0.4 is 10.1 Å². The number of benzene rings is 2. The summed E-state index contributed by atoms with van der Waals surface area (Å²) in [5, 5.41) is 3.21. The fraction of sp³-hybridized carbons (Fsp3) is 0.263. The molecular formula is C19H20ClNO4. The molecule has 0 aliphatic carbocycles. The number of ether oxygens (including phenoxy) is 2. The predicted molar refractivity (Wildman–Crippen MR) is 97.3 cm³/mol. The molecule has 6 heteroatoms. The summed E-state index contributed by atoms with van der Waals surface area (Å²) in [5.41, 5.74) is 1.59. The van der Waals surface area contributed by atoms with E-state index in [-0.39, 0.29) is 12.5 Å². The largest absolute Gasteiger partial charge is 0.479 e. The van der Waals surface area contributed by atoms with Gasteiger partial charge in [-0.1, -0.05) is 29.8 Å². The first-order valence-corrected chi connectivity index (χ1v) is 8.30. The first-order valence-electron chi connectivity index (χ1n) is 7.92. The lowest BCUT2D eigenvalue weighted by atomic mass is 10.1. The van der Waals surface area contributed by atoms with Crippen molar-refractivity contribution >= 4 is 29.2 Å². The van der Waals surface area contributed by atoms with Gasteiger partial charge in [0.15, 0.2) is 6.10 Å². The van der Waals surface area contributed by atoms with E-state index in [2.05, 4.69) is 5.32 Å². The molecule has 5 nitrogen and oxygen atoms in total. The van der Waals surface area contributed by atoms with Crippen LogP contribution >= 0.6 is 11.6 Å². The normalized spacial score (nSPS) is 11.5. The van der Waals surface area contributed by atoms with Gasteiger partial charge < -0.3 is 14.8 Å². The van der Waals surface area contributed by atoms with Crippen LogP contribution in [0.25, 0.3) is 0 Å². The molecule has 2 aromatic rings. The molecule has 0 saturated heterocycles. The molecule has 0 heterocycles. The van der Waals surface area contributed by atoms with E-state index >= 15 is 0 Å². The summed E-state index contributed by atoms with van der Waals surface area (Å²) < 4.78 is 10.6. The first-order chi connectivity index (χ1) is 11.9. The minimum atomic E-state index is -0.759. The maximum absolute atomic E-state index is 12.4. The summed E-state index contributed by atoms with van der Waals surface area (Å²) in [6.45, 7) is 5.41. The molecule has 0 spiro atoms. The van der Waals surface area contributed by atoms with E-state index in [0.717, 1.165) is 0 Å². The highest BCUT2D eigenvalue weighted by atomic mass is 35.5. The van der Waals surface area contributed by atoms with Gasteiger partial charge in [0, 0.05) is 5.69 Å². The summed E-state index contributed by atoms with van der Waals surface area (Å²) in [6.07, 6.45) is -0.759. The Labute approximate surface area is 151 Å². The Bertz CT molecular complexity index is 776. The van der Waals surface area contributed by atoms with E-state index < -0.39 is 12.1 Å². The quantitative estimate of drug-likeness (QED) is 0.782. The zero-order chi connectivity index (χ0) is 18.4. The number of anilines is 1. The second kappa shape index (κ2) is 8.53. The number of amides is 1. The maximum atomic E-state index is 12.4. The van der Waals surface area contributed by atoms with Crippen LogP contribution in [-0.4, -0.2) is 24.6 Å². The Morgan fingerprint density at radius 3 is 2.56 bits per heavy atom. The summed E-state index contributed by atoms with van der Waals surface area (Å²) in [4.78, 5) is 24.3. The van der Waals surface area contributed by atoms with E-state index in [4.69, 9.17) is 21.1 Å². The molecule has 0 aromatic heterocycles. The molecule has 0 aliphatic heterocycles. The first kappa shape index (κ1) is 18.8. The molecular weight excluding hydrogens is 342 g/mol. The second-order valence-corrected chi connectivity index (χ2v) is 5.79. The topological polar surface area (TPSA) is 64.6 Å². The van der Waals surface area contributed by atoms with Crippen molar-refractivity contribution in [3.05, 3.63) is 58.6 Å². The Morgan fingerprint density at radius 2 is 1.88 bits per heavy atom. The van der Waals surface area contributed by atoms with Crippen LogP contribution in [0.2, 0.25) is 5.02 Å². The fourth-order valence-electron chi connectivity index (χ4n) is 2.22. The average molecular weight is 362 g/mol. The van der Waals surface area contributed by atoms with Gasteiger partial charge in [0.2, 0.25) is 0 Å². The minimum Gasteiger partial charge on any atom is -0.479 e. The molecule has 1 unspecified atom stereocenters. The number of hydrogen-bond donors (Lipinski definition) is 1. The van der Waals surface area contributed by atoms with Crippen molar-refractivity contribution in [2.75, 3.05) is 11.9 Å². The van der Waals surface area contributed by atoms with Crippen LogP contribution in [0.4, 0.5) is 5.69 Å². The molecule has 0 radical (unpaired) electrons. The number of carbonyl (C=O) groups excluding carboxylic acids is 2. The highest BCUT2D eigenvalue weighted by Gasteiger charge is 2.19. The Hall–Kier alpha value is -2.53. The van der Waals surface area contributed by atoms with Gasteiger partial charge in [0.25, 0.3) is 5.91 Å². The molecule has 1 amide bonds. The van der Waals surface area contributed by atoms with Gasteiger partial charge in [-0.15, -0.1) is 0 Å². The van der Waals surface area contributed by atoms with Crippen LogP contribution in [0.1, 0.15) is 29.8 Å². The van der Waals surface area contributed by atoms with Crippen molar-refractivity contribution in [2.45, 2.75) is 26.9 Å². The van der Waals surface area contributed by atoms with E-state index in [1.54, 1.807) is 63.2 Å². The minimum absolute atomic E-state index is 0.289. The summed E-state index contributed by atoms with van der Waals surface area (Å²) >= 11 is 6.04. The van der Waals surface area contributed by atoms with Crippen LogP contribution in [0.3, 0.4) is 0 Å². The Kier molecular flexibility index (Phi) is 6.42. The molecule has 1 N–H and O–H groups in total. The summed E-state index contributed by atoms with van der Waals surface area (Å²) in [6, 6.07) is 12.0. The molecule has 0 fully saturated rings. The number of hydrogen-bond acceptors (Lipinski definition) is 4. The molecule has 0 aliphatic rings. The molecule has 1 atom stereocenters. The van der Waals surface area contributed by atoms with Crippen LogP contribution in [-0.2, 0) is 9.53 Å². The number of rotatable bonds is 6. The predicted octanol–water partition coefficient (Wildman–Crippen LogP) is 4.23. The lowest BCUT2D eigenvalue weighted by molar-refractivity contribution is -0.122. The number of para-hydroxylation sites is 1. The van der Waals surface area contributed by atoms with Gasteiger partial charge in [0.05, 0.1) is 17.2 Å². The maximum Gasteiger partial charge on any atom is 0.338 e. The van der Waals surface area contributed by atoms with E-state index in [1.807, 2.05) is 0 Å². The van der Waals surface area contributed by atoms with Crippen molar-refractivity contribution in [1.29, 1.82) is 0 Å². The molecule has 25 heavy (non-hydrogen) atoms. The molecule has 132 valence electrons. The highest BCUT2D eigenvalue weighted by Crippen LogP contribution is 2.25. The van der Waals surface area contributed by atoms with Crippen molar-refractivity contribution in [3.8, 4) is 5.75 Å². The third-order valence-corrected chi connectivity index (χ3v) is 3.91. The average Bonchev–Trinajstić information content (AvgIpc) is 2.58. The van der Waals surface area contributed by atoms with Gasteiger partial charge in [0.1, 0.15) is 5.75 Å². The van der Waals surface area contributed by atoms with E-state index in [9.17, 15) is 9.59 Å². The van der Waals surface area contributed by atoms with Crippen molar-refractivity contribution in [1.82, 2.24) is 0 Å². The van der Waals surface area contributed by atoms with E-state index in [0.29, 0.717) is 27.6 Å². The molecule has 0 bridgehead atoms. The van der Waals surface area contributed by atoms with Gasteiger partial charge in [-0.05, 0) is 50.6 Å². The third-order valence-electron chi connectivity index (χ3n) is 3.60. The SMILES string of the molecule is CCOC(=O)c1cccc(NC(=O)C(C)Oc2ccccc2Cl)c1C. The van der Waals surface area contributed by atoms with Crippen LogP contribution in [0.15, 0.2) is 42.5 Å². The van der Waals surface area contributed by atoms with Crippen molar-refractivity contribution in [2.24, 2.45) is 0 Å². The van der Waals surface area contributed by atoms with Gasteiger partial charge in [-0.25, -0.2) is 4.79 Å². The lowest BCUT2D eigenvalue weighted by Crippen LogP contribution is -2.30. The highest BCUT2D eigenvalue weighted by molar-refractivity contribution is 6.32. The summed E-state index contributed by atoms with van der Waals surface area (Å²) in [5.74, 6) is -0.329. The lowest BCUT2D eigenvalue weighted by Gasteiger charge is -2.17. The fourth-order valence-corrected chi connectivity index (χ4v) is 2.40. The van der Waals surface area contributed by atoms with Crippen molar-refractivity contribution in [3.63, 3.8) is 0 Å². The molecule has 2 rings (SSSR count). The van der Waals surface area contributed by atoms with Gasteiger partial charge >= 0.3 is 5.97 Å². The van der Waals surface area contributed by atoms with Crippen LogP contribution in [0, 0.1) is 6.92 Å². The number of esters is 1. The zero-order valence-electron chi connectivity index (χ0n) is 14.3. The standard InChI is InChI=1S/C19H20ClNO4/c1-4-24-19(23)14-8-7-10-16(12(14)2)21-18(22)13(3)25-17-11-6-5-9-15(17)20/h5-11,13H,4H2,1-3H3,(H,21,22). The Morgan fingerprint density at radius 1 is 1.16 bits per heavy atom. The number of halogens is 1.